The predicted molar refractivity (Wildman–Crippen MR) is 106 cm³/mol. The van der Waals surface area contributed by atoms with E-state index in [1.165, 1.54) is 12.8 Å². The largest absolute Gasteiger partial charge is 0.374 e. The molecule has 3 aliphatic heterocycles. The van der Waals surface area contributed by atoms with E-state index >= 15 is 0 Å². The van der Waals surface area contributed by atoms with Crippen LogP contribution in [0.1, 0.15) is 33.6 Å². The normalized spacial score (nSPS) is 33.1. The smallest absolute Gasteiger partial charge is 0.194 e. The highest BCUT2D eigenvalue weighted by Crippen LogP contribution is 2.47. The molecule has 0 saturated carbocycles. The second kappa shape index (κ2) is 7.44. The molecule has 0 spiro atoms. The zero-order valence-corrected chi connectivity index (χ0v) is 17.5. The lowest BCUT2D eigenvalue weighted by atomic mass is 9.82. The van der Waals surface area contributed by atoms with Crippen molar-refractivity contribution < 1.29 is 4.74 Å². The molecule has 3 saturated heterocycles. The molecule has 4 atom stereocenters. The zero-order chi connectivity index (χ0) is 15.9. The Morgan fingerprint density at radius 2 is 1.78 bits per heavy atom. The number of hydrogen-bond acceptors (Lipinski definition) is 3. The van der Waals surface area contributed by atoms with Gasteiger partial charge < -0.3 is 19.9 Å². The Bertz CT molecular complexity index is 422. The van der Waals surface area contributed by atoms with Gasteiger partial charge >= 0.3 is 0 Å². The van der Waals surface area contributed by atoms with Crippen molar-refractivity contribution in [3.8, 4) is 0 Å². The molecule has 134 valence electrons. The SMILES string of the molecule is CCNC(=NCC(C)(C)N(C)C)N1CC2C3CCC(O3)C2C1.I. The van der Waals surface area contributed by atoms with E-state index < -0.39 is 0 Å². The molecule has 0 aromatic rings. The van der Waals surface area contributed by atoms with Crippen LogP contribution in [0.4, 0.5) is 0 Å². The number of aliphatic imine (C=N–C) groups is 1. The maximum absolute atomic E-state index is 6.08. The van der Waals surface area contributed by atoms with Crippen LogP contribution in [0.15, 0.2) is 4.99 Å². The number of rotatable bonds is 4. The first-order valence-corrected chi connectivity index (χ1v) is 8.78. The van der Waals surface area contributed by atoms with E-state index in [4.69, 9.17) is 9.73 Å². The number of likely N-dealkylation sites (N-methyl/N-ethyl adjacent to an activating group) is 1. The van der Waals surface area contributed by atoms with Gasteiger partial charge in [-0.1, -0.05) is 0 Å². The molecule has 6 heteroatoms. The van der Waals surface area contributed by atoms with Crippen LogP contribution >= 0.6 is 24.0 Å². The van der Waals surface area contributed by atoms with Gasteiger partial charge in [-0.15, -0.1) is 24.0 Å². The quantitative estimate of drug-likeness (QED) is 0.416. The molecule has 0 aromatic carbocycles. The summed E-state index contributed by atoms with van der Waals surface area (Å²) >= 11 is 0. The molecule has 23 heavy (non-hydrogen) atoms. The van der Waals surface area contributed by atoms with Crippen molar-refractivity contribution in [1.82, 2.24) is 15.1 Å². The lowest BCUT2D eigenvalue weighted by Gasteiger charge is -2.32. The Morgan fingerprint density at radius 1 is 1.22 bits per heavy atom. The van der Waals surface area contributed by atoms with Crippen LogP contribution in [0.2, 0.25) is 0 Å². The van der Waals surface area contributed by atoms with Gasteiger partial charge in [0.15, 0.2) is 5.96 Å². The minimum atomic E-state index is 0. The summed E-state index contributed by atoms with van der Waals surface area (Å²) in [6, 6.07) is 0. The highest BCUT2D eigenvalue weighted by atomic mass is 127. The van der Waals surface area contributed by atoms with Gasteiger partial charge in [0.05, 0.1) is 18.8 Å². The van der Waals surface area contributed by atoms with Crippen molar-refractivity contribution in [3.63, 3.8) is 0 Å². The third-order valence-corrected chi connectivity index (χ3v) is 5.91. The van der Waals surface area contributed by atoms with E-state index in [-0.39, 0.29) is 29.5 Å². The summed E-state index contributed by atoms with van der Waals surface area (Å²) in [5, 5.41) is 3.49. The fraction of sp³-hybridized carbons (Fsp3) is 0.941. The number of ether oxygens (including phenoxy) is 1. The van der Waals surface area contributed by atoms with Crippen LogP contribution in [0.5, 0.6) is 0 Å². The van der Waals surface area contributed by atoms with Crippen molar-refractivity contribution in [3.05, 3.63) is 0 Å². The van der Waals surface area contributed by atoms with Crippen molar-refractivity contribution >= 4 is 29.9 Å². The Balaban J connectivity index is 0.00000192. The van der Waals surface area contributed by atoms with Gasteiger partial charge in [-0.2, -0.15) is 0 Å². The van der Waals surface area contributed by atoms with Crippen LogP contribution in [0, 0.1) is 11.8 Å². The molecular formula is C17H33IN4O. The lowest BCUT2D eigenvalue weighted by Crippen LogP contribution is -2.45. The van der Waals surface area contributed by atoms with Gasteiger partial charge in [0.1, 0.15) is 0 Å². The molecule has 2 bridgehead atoms. The summed E-state index contributed by atoms with van der Waals surface area (Å²) in [6.07, 6.45) is 3.56. The average Bonchev–Trinajstić information content (AvgIpc) is 3.14. The zero-order valence-electron chi connectivity index (χ0n) is 15.2. The summed E-state index contributed by atoms with van der Waals surface area (Å²) in [4.78, 5) is 9.65. The van der Waals surface area contributed by atoms with E-state index in [0.29, 0.717) is 12.2 Å². The van der Waals surface area contributed by atoms with E-state index in [9.17, 15) is 0 Å². The lowest BCUT2D eigenvalue weighted by molar-refractivity contribution is 0.0766. The standard InChI is InChI=1S/C17H32N4O.HI/c1-6-18-16(19-11-17(2,3)20(4)5)21-9-12-13(10-21)15-8-7-14(12)22-15;/h12-15H,6-11H2,1-5H3,(H,18,19);1H. The van der Waals surface area contributed by atoms with Crippen LogP contribution in [-0.2, 0) is 4.74 Å². The summed E-state index contributed by atoms with van der Waals surface area (Å²) in [6.45, 7) is 10.6. The van der Waals surface area contributed by atoms with Crippen LogP contribution < -0.4 is 5.32 Å². The van der Waals surface area contributed by atoms with Crippen molar-refractivity contribution in [2.75, 3.05) is 40.3 Å². The van der Waals surface area contributed by atoms with Crippen molar-refractivity contribution in [2.45, 2.75) is 51.4 Å². The molecule has 0 radical (unpaired) electrons. The second-order valence-electron chi connectivity index (χ2n) is 7.90. The number of nitrogens with one attached hydrogen (secondary N) is 1. The molecule has 3 aliphatic rings. The highest BCUT2D eigenvalue weighted by Gasteiger charge is 2.53. The van der Waals surface area contributed by atoms with Gasteiger partial charge in [-0.25, -0.2) is 0 Å². The van der Waals surface area contributed by atoms with Gasteiger partial charge in [0.2, 0.25) is 0 Å². The summed E-state index contributed by atoms with van der Waals surface area (Å²) in [7, 11) is 4.25. The predicted octanol–water partition coefficient (Wildman–Crippen LogP) is 2.02. The topological polar surface area (TPSA) is 40.1 Å². The molecule has 0 aliphatic carbocycles. The third-order valence-electron chi connectivity index (χ3n) is 5.91. The first-order valence-electron chi connectivity index (χ1n) is 8.78. The molecule has 0 amide bonds. The van der Waals surface area contributed by atoms with Crippen LogP contribution in [0.3, 0.4) is 0 Å². The van der Waals surface area contributed by atoms with Gasteiger partial charge in [0.25, 0.3) is 0 Å². The molecule has 3 rings (SSSR count). The molecule has 3 heterocycles. The highest BCUT2D eigenvalue weighted by molar-refractivity contribution is 14.0. The Hall–Kier alpha value is -0.0800. The molecule has 4 unspecified atom stereocenters. The molecular weight excluding hydrogens is 403 g/mol. The second-order valence-corrected chi connectivity index (χ2v) is 7.90. The van der Waals surface area contributed by atoms with E-state index in [1.807, 2.05) is 0 Å². The first-order chi connectivity index (χ1) is 10.4. The number of halogens is 1. The van der Waals surface area contributed by atoms with Gasteiger partial charge in [0, 0.05) is 37.0 Å². The van der Waals surface area contributed by atoms with Crippen molar-refractivity contribution in [2.24, 2.45) is 16.8 Å². The number of fused-ring (bicyclic) bond motifs is 5. The number of guanidine groups is 1. The number of likely N-dealkylation sites (tertiary alicyclic amines) is 1. The first kappa shape index (κ1) is 19.2. The molecule has 1 N–H and O–H groups in total. The molecule has 5 nitrogen and oxygen atoms in total. The summed E-state index contributed by atoms with van der Waals surface area (Å²) < 4.78 is 6.08. The number of nitrogens with zero attached hydrogens (tertiary/aromatic N) is 3. The number of hydrogen-bond donors (Lipinski definition) is 1. The van der Waals surface area contributed by atoms with E-state index in [0.717, 1.165) is 44.0 Å². The molecule has 0 aromatic heterocycles. The minimum Gasteiger partial charge on any atom is -0.374 e. The fourth-order valence-corrected chi connectivity index (χ4v) is 3.97. The maximum Gasteiger partial charge on any atom is 0.194 e. The Labute approximate surface area is 158 Å². The summed E-state index contributed by atoms with van der Waals surface area (Å²) in [5.74, 6) is 2.54. The van der Waals surface area contributed by atoms with E-state index in [1.54, 1.807) is 0 Å². The minimum absolute atomic E-state index is 0. The summed E-state index contributed by atoms with van der Waals surface area (Å²) in [5.41, 5.74) is 0.0818. The monoisotopic (exact) mass is 436 g/mol. The Kier molecular flexibility index (Phi) is 6.22. The van der Waals surface area contributed by atoms with Crippen LogP contribution in [0.25, 0.3) is 0 Å². The Morgan fingerprint density at radius 3 is 2.26 bits per heavy atom. The van der Waals surface area contributed by atoms with Crippen LogP contribution in [-0.4, -0.2) is 73.8 Å². The van der Waals surface area contributed by atoms with Gasteiger partial charge in [-0.05, 0) is 47.7 Å². The fourth-order valence-electron chi connectivity index (χ4n) is 3.97. The van der Waals surface area contributed by atoms with E-state index in [2.05, 4.69) is 50.0 Å². The molecule has 3 fully saturated rings. The third kappa shape index (κ3) is 3.79. The maximum atomic E-state index is 6.08. The average molecular weight is 436 g/mol. The van der Waals surface area contributed by atoms with Crippen molar-refractivity contribution in [1.29, 1.82) is 0 Å². The van der Waals surface area contributed by atoms with Gasteiger partial charge in [-0.3, -0.25) is 4.99 Å².